The zero-order chi connectivity index (χ0) is 13.1. The number of pyridine rings is 1. The summed E-state index contributed by atoms with van der Waals surface area (Å²) in [7, 11) is 0. The van der Waals surface area contributed by atoms with E-state index in [1.807, 2.05) is 19.2 Å². The number of imidazole rings is 1. The van der Waals surface area contributed by atoms with Crippen LogP contribution in [0.2, 0.25) is 0 Å². The summed E-state index contributed by atoms with van der Waals surface area (Å²) < 4.78 is 0. The Morgan fingerprint density at radius 1 is 1.16 bits per heavy atom. The summed E-state index contributed by atoms with van der Waals surface area (Å²) in [6, 6.07) is 10.5. The smallest absolute Gasteiger partial charge is 0.120 e. The van der Waals surface area contributed by atoms with Gasteiger partial charge in [-0.05, 0) is 30.7 Å². The lowest BCUT2D eigenvalue weighted by Crippen LogP contribution is -2.13. The number of H-pyrrole nitrogens is 1. The fraction of sp³-hybridized carbons (Fsp3) is 0.200. The van der Waals surface area contributed by atoms with Gasteiger partial charge in [-0.2, -0.15) is 0 Å². The molecule has 4 nitrogen and oxygen atoms in total. The first-order chi connectivity index (χ1) is 9.31. The molecular weight excluding hydrogens is 236 g/mol. The minimum Gasteiger partial charge on any atom is -0.348 e. The second-order valence-corrected chi connectivity index (χ2v) is 4.62. The molecule has 0 saturated heterocycles. The van der Waals surface area contributed by atoms with Crippen molar-refractivity contribution in [2.75, 3.05) is 0 Å². The van der Waals surface area contributed by atoms with Crippen LogP contribution in [0.15, 0.2) is 42.7 Å². The van der Waals surface area contributed by atoms with E-state index in [4.69, 9.17) is 0 Å². The van der Waals surface area contributed by atoms with Crippen LogP contribution in [0.25, 0.3) is 10.9 Å². The lowest BCUT2D eigenvalue weighted by molar-refractivity contribution is 0.669. The molecule has 0 saturated carbocycles. The molecule has 3 rings (SSSR count). The van der Waals surface area contributed by atoms with Crippen LogP contribution in [-0.2, 0) is 13.1 Å². The van der Waals surface area contributed by atoms with Gasteiger partial charge in [-0.25, -0.2) is 4.98 Å². The number of hydrogen-bond donors (Lipinski definition) is 2. The van der Waals surface area contributed by atoms with Crippen molar-refractivity contribution in [1.82, 2.24) is 20.3 Å². The highest BCUT2D eigenvalue weighted by Crippen LogP contribution is 2.14. The zero-order valence-electron chi connectivity index (χ0n) is 10.9. The molecule has 2 aromatic heterocycles. The van der Waals surface area contributed by atoms with Crippen LogP contribution < -0.4 is 5.32 Å². The molecule has 0 spiro atoms. The fourth-order valence-electron chi connectivity index (χ4n) is 2.11. The standard InChI is InChI=1S/C15H16N4/c1-11-2-4-13-8-12(3-5-14(13)19-11)9-16-10-15-17-6-7-18-15/h2-8,16H,9-10H2,1H3,(H,17,18). The average molecular weight is 252 g/mol. The SMILES string of the molecule is Cc1ccc2cc(CNCc3ncc[nH]3)ccc2n1. The second kappa shape index (κ2) is 5.20. The van der Waals surface area contributed by atoms with Crippen molar-refractivity contribution in [1.29, 1.82) is 0 Å². The van der Waals surface area contributed by atoms with E-state index in [0.717, 1.165) is 30.1 Å². The van der Waals surface area contributed by atoms with Crippen LogP contribution in [0.4, 0.5) is 0 Å². The molecule has 0 fully saturated rings. The Labute approximate surface area is 111 Å². The van der Waals surface area contributed by atoms with Gasteiger partial charge in [0.25, 0.3) is 0 Å². The molecule has 0 amide bonds. The molecule has 96 valence electrons. The molecule has 1 aromatic carbocycles. The van der Waals surface area contributed by atoms with Crippen molar-refractivity contribution in [3.63, 3.8) is 0 Å². The number of hydrogen-bond acceptors (Lipinski definition) is 3. The largest absolute Gasteiger partial charge is 0.348 e. The lowest BCUT2D eigenvalue weighted by atomic mass is 10.1. The number of nitrogens with zero attached hydrogens (tertiary/aromatic N) is 2. The maximum Gasteiger partial charge on any atom is 0.120 e. The Balaban J connectivity index is 1.69. The molecule has 4 heteroatoms. The number of fused-ring (bicyclic) bond motifs is 1. The van der Waals surface area contributed by atoms with E-state index in [1.54, 1.807) is 6.20 Å². The molecule has 0 bridgehead atoms. The van der Waals surface area contributed by atoms with E-state index in [-0.39, 0.29) is 0 Å². The zero-order valence-corrected chi connectivity index (χ0v) is 10.9. The van der Waals surface area contributed by atoms with Gasteiger partial charge in [0.05, 0.1) is 12.1 Å². The molecule has 3 aromatic rings. The Morgan fingerprint density at radius 2 is 2.11 bits per heavy atom. The summed E-state index contributed by atoms with van der Waals surface area (Å²) in [4.78, 5) is 11.8. The average Bonchev–Trinajstić information content (AvgIpc) is 2.92. The van der Waals surface area contributed by atoms with Crippen molar-refractivity contribution in [2.45, 2.75) is 20.0 Å². The Hall–Kier alpha value is -2.20. The molecule has 0 unspecified atom stereocenters. The van der Waals surface area contributed by atoms with Crippen molar-refractivity contribution in [2.24, 2.45) is 0 Å². The Morgan fingerprint density at radius 3 is 2.95 bits per heavy atom. The van der Waals surface area contributed by atoms with Gasteiger partial charge in [0, 0.05) is 30.0 Å². The maximum absolute atomic E-state index is 4.50. The topological polar surface area (TPSA) is 53.6 Å². The molecule has 0 aliphatic heterocycles. The van der Waals surface area contributed by atoms with E-state index < -0.39 is 0 Å². The first kappa shape index (κ1) is 11.9. The molecule has 19 heavy (non-hydrogen) atoms. The van der Waals surface area contributed by atoms with Gasteiger partial charge in [0.2, 0.25) is 0 Å². The van der Waals surface area contributed by atoms with Crippen molar-refractivity contribution in [3.05, 3.63) is 59.8 Å². The number of aromatic nitrogens is 3. The van der Waals surface area contributed by atoms with E-state index in [2.05, 4.69) is 44.5 Å². The number of nitrogens with one attached hydrogen (secondary N) is 2. The molecule has 0 radical (unpaired) electrons. The number of aromatic amines is 1. The van der Waals surface area contributed by atoms with Crippen LogP contribution in [0.1, 0.15) is 17.1 Å². The van der Waals surface area contributed by atoms with Gasteiger partial charge in [0.1, 0.15) is 5.82 Å². The molecule has 2 N–H and O–H groups in total. The van der Waals surface area contributed by atoms with E-state index in [9.17, 15) is 0 Å². The molecular formula is C15H16N4. The fourth-order valence-corrected chi connectivity index (χ4v) is 2.11. The van der Waals surface area contributed by atoms with Gasteiger partial charge in [-0.3, -0.25) is 4.98 Å². The first-order valence-corrected chi connectivity index (χ1v) is 6.36. The Bertz CT molecular complexity index is 674. The van der Waals surface area contributed by atoms with Crippen LogP contribution in [0.5, 0.6) is 0 Å². The monoisotopic (exact) mass is 252 g/mol. The van der Waals surface area contributed by atoms with Crippen LogP contribution >= 0.6 is 0 Å². The quantitative estimate of drug-likeness (QED) is 0.750. The minimum absolute atomic E-state index is 0.747. The van der Waals surface area contributed by atoms with E-state index in [1.165, 1.54) is 10.9 Å². The highest BCUT2D eigenvalue weighted by Gasteiger charge is 1.99. The predicted molar refractivity (Wildman–Crippen MR) is 75.6 cm³/mol. The summed E-state index contributed by atoms with van der Waals surface area (Å²) in [5.74, 6) is 0.957. The summed E-state index contributed by atoms with van der Waals surface area (Å²) in [5, 5.41) is 4.55. The van der Waals surface area contributed by atoms with Gasteiger partial charge in [-0.1, -0.05) is 12.1 Å². The van der Waals surface area contributed by atoms with Crippen molar-refractivity contribution in [3.8, 4) is 0 Å². The molecule has 0 aliphatic carbocycles. The highest BCUT2D eigenvalue weighted by atomic mass is 15.0. The van der Waals surface area contributed by atoms with Gasteiger partial charge in [-0.15, -0.1) is 0 Å². The third kappa shape index (κ3) is 2.80. The van der Waals surface area contributed by atoms with Crippen molar-refractivity contribution < 1.29 is 0 Å². The van der Waals surface area contributed by atoms with Gasteiger partial charge < -0.3 is 10.3 Å². The van der Waals surface area contributed by atoms with Gasteiger partial charge in [0.15, 0.2) is 0 Å². The van der Waals surface area contributed by atoms with Crippen LogP contribution in [0, 0.1) is 6.92 Å². The normalized spacial score (nSPS) is 11.0. The summed E-state index contributed by atoms with van der Waals surface area (Å²) in [6.07, 6.45) is 3.60. The molecule has 0 atom stereocenters. The minimum atomic E-state index is 0.747. The number of rotatable bonds is 4. The van der Waals surface area contributed by atoms with Crippen molar-refractivity contribution >= 4 is 10.9 Å². The number of benzene rings is 1. The highest BCUT2D eigenvalue weighted by molar-refractivity contribution is 5.79. The summed E-state index contributed by atoms with van der Waals surface area (Å²) >= 11 is 0. The summed E-state index contributed by atoms with van der Waals surface area (Å²) in [6.45, 7) is 3.58. The van der Waals surface area contributed by atoms with Crippen LogP contribution in [-0.4, -0.2) is 15.0 Å². The third-order valence-electron chi connectivity index (χ3n) is 3.07. The molecule has 2 heterocycles. The molecule has 0 aliphatic rings. The van der Waals surface area contributed by atoms with E-state index in [0.29, 0.717) is 0 Å². The second-order valence-electron chi connectivity index (χ2n) is 4.62. The third-order valence-corrected chi connectivity index (χ3v) is 3.07. The van der Waals surface area contributed by atoms with Crippen LogP contribution in [0.3, 0.4) is 0 Å². The maximum atomic E-state index is 4.50. The summed E-state index contributed by atoms with van der Waals surface area (Å²) in [5.41, 5.74) is 3.36. The predicted octanol–water partition coefficient (Wildman–Crippen LogP) is 2.56. The Kier molecular flexibility index (Phi) is 3.25. The lowest BCUT2D eigenvalue weighted by Gasteiger charge is -2.05. The first-order valence-electron chi connectivity index (χ1n) is 6.36. The van der Waals surface area contributed by atoms with E-state index >= 15 is 0 Å². The van der Waals surface area contributed by atoms with Gasteiger partial charge >= 0.3 is 0 Å². The number of aryl methyl sites for hydroxylation is 1.